The number of rotatable bonds is 4. The Hall–Kier alpha value is -1.20. The molecular weight excluding hydrogens is 250 g/mol. The van der Waals surface area contributed by atoms with E-state index in [2.05, 4.69) is 0 Å². The Morgan fingerprint density at radius 3 is 2.84 bits per heavy atom. The van der Waals surface area contributed by atoms with Crippen LogP contribution in [0.15, 0.2) is 18.2 Å². The third kappa shape index (κ3) is 3.04. The Balaban J connectivity index is 2.17. The first-order valence-corrected chi connectivity index (χ1v) is 6.43. The number of benzene rings is 1. The van der Waals surface area contributed by atoms with Crippen LogP contribution < -0.4 is 10.5 Å². The van der Waals surface area contributed by atoms with E-state index < -0.39 is 6.43 Å². The second kappa shape index (κ2) is 5.84. The molecule has 0 spiro atoms. The highest BCUT2D eigenvalue weighted by Crippen LogP contribution is 2.33. The molecular formula is C14H20F2N2O. The number of alkyl halides is 2. The highest BCUT2D eigenvalue weighted by Gasteiger charge is 2.30. The van der Waals surface area contributed by atoms with Crippen LogP contribution in [0.2, 0.25) is 0 Å². The first-order valence-electron chi connectivity index (χ1n) is 6.43. The van der Waals surface area contributed by atoms with Gasteiger partial charge >= 0.3 is 0 Å². The van der Waals surface area contributed by atoms with Crippen LogP contribution in [-0.2, 0) is 6.42 Å². The highest BCUT2D eigenvalue weighted by molar-refractivity contribution is 5.40. The van der Waals surface area contributed by atoms with Gasteiger partial charge in [0, 0.05) is 12.1 Å². The summed E-state index contributed by atoms with van der Waals surface area (Å²) in [6, 6.07) is 5.54. The summed E-state index contributed by atoms with van der Waals surface area (Å²) in [4.78, 5) is 1.67. The van der Waals surface area contributed by atoms with E-state index in [1.54, 1.807) is 19.1 Å². The number of methoxy groups -OCH3 is 1. The van der Waals surface area contributed by atoms with Gasteiger partial charge in [-0.15, -0.1) is 0 Å². The fraction of sp³-hybridized carbons (Fsp3) is 0.571. The lowest BCUT2D eigenvalue weighted by Gasteiger charge is -2.37. The SMILES string of the molecule is COc1ccc2c(c1)CCC(N(C)CC(F)F)C2N. The van der Waals surface area contributed by atoms with E-state index in [-0.39, 0.29) is 18.6 Å². The molecule has 2 rings (SSSR count). The van der Waals surface area contributed by atoms with Gasteiger partial charge in [0.1, 0.15) is 5.75 Å². The minimum atomic E-state index is -2.32. The van der Waals surface area contributed by atoms with Gasteiger partial charge in [-0.05, 0) is 43.1 Å². The number of hydrogen-bond donors (Lipinski definition) is 1. The van der Waals surface area contributed by atoms with Gasteiger partial charge in [0.05, 0.1) is 13.7 Å². The lowest BCUT2D eigenvalue weighted by molar-refractivity contribution is 0.0697. The molecule has 19 heavy (non-hydrogen) atoms. The number of fused-ring (bicyclic) bond motifs is 1. The number of nitrogens with zero attached hydrogens (tertiary/aromatic N) is 1. The van der Waals surface area contributed by atoms with Crippen LogP contribution in [0.4, 0.5) is 8.78 Å². The number of nitrogens with two attached hydrogens (primary N) is 1. The molecule has 2 N–H and O–H groups in total. The van der Waals surface area contributed by atoms with Crippen LogP contribution in [0, 0.1) is 0 Å². The molecule has 0 saturated heterocycles. The van der Waals surface area contributed by atoms with E-state index in [4.69, 9.17) is 10.5 Å². The number of ether oxygens (including phenoxy) is 1. The topological polar surface area (TPSA) is 38.5 Å². The third-order valence-electron chi connectivity index (χ3n) is 3.83. The van der Waals surface area contributed by atoms with Gasteiger partial charge in [-0.25, -0.2) is 8.78 Å². The summed E-state index contributed by atoms with van der Waals surface area (Å²) in [6.45, 7) is -0.232. The Labute approximate surface area is 112 Å². The van der Waals surface area contributed by atoms with Gasteiger partial charge in [-0.2, -0.15) is 0 Å². The molecule has 2 atom stereocenters. The molecule has 2 unspecified atom stereocenters. The maximum atomic E-state index is 12.5. The van der Waals surface area contributed by atoms with Crippen LogP contribution in [0.5, 0.6) is 5.75 Å². The molecule has 5 heteroatoms. The van der Waals surface area contributed by atoms with Crippen LogP contribution in [0.3, 0.4) is 0 Å². The summed E-state index contributed by atoms with van der Waals surface area (Å²) in [5.74, 6) is 0.810. The fourth-order valence-corrected chi connectivity index (χ4v) is 2.79. The maximum absolute atomic E-state index is 12.5. The zero-order chi connectivity index (χ0) is 14.0. The van der Waals surface area contributed by atoms with Gasteiger partial charge in [0.15, 0.2) is 0 Å². The van der Waals surface area contributed by atoms with Crippen LogP contribution in [0.1, 0.15) is 23.6 Å². The number of likely N-dealkylation sites (N-methyl/N-ethyl adjacent to an activating group) is 1. The van der Waals surface area contributed by atoms with Crippen molar-refractivity contribution in [3.8, 4) is 5.75 Å². The number of aryl methyl sites for hydroxylation is 1. The molecule has 106 valence electrons. The second-order valence-corrected chi connectivity index (χ2v) is 5.03. The quantitative estimate of drug-likeness (QED) is 0.911. The van der Waals surface area contributed by atoms with Gasteiger partial charge in [-0.1, -0.05) is 6.07 Å². The minimum Gasteiger partial charge on any atom is -0.497 e. The Bertz CT molecular complexity index is 439. The summed E-state index contributed by atoms with van der Waals surface area (Å²) >= 11 is 0. The summed E-state index contributed by atoms with van der Waals surface area (Å²) in [6.07, 6.45) is -0.683. The van der Waals surface area contributed by atoms with Gasteiger partial charge in [0.25, 0.3) is 6.43 Å². The van der Waals surface area contributed by atoms with E-state index in [0.29, 0.717) is 0 Å². The standard InChI is InChI=1S/C14H20F2N2O/c1-18(8-13(15)16)12-6-3-9-7-10(19-2)4-5-11(9)14(12)17/h4-5,7,12-14H,3,6,8,17H2,1-2H3. The first kappa shape index (κ1) is 14.2. The minimum absolute atomic E-state index is 0.0325. The zero-order valence-corrected chi connectivity index (χ0v) is 11.3. The molecule has 1 aliphatic rings. The highest BCUT2D eigenvalue weighted by atomic mass is 19.3. The molecule has 0 aliphatic heterocycles. The first-order chi connectivity index (χ1) is 9.02. The molecule has 0 amide bonds. The summed E-state index contributed by atoms with van der Waals surface area (Å²) in [5, 5.41) is 0. The summed E-state index contributed by atoms with van der Waals surface area (Å²) in [5.41, 5.74) is 8.43. The van der Waals surface area contributed by atoms with Crippen molar-refractivity contribution in [1.29, 1.82) is 0 Å². The Morgan fingerprint density at radius 1 is 1.47 bits per heavy atom. The van der Waals surface area contributed by atoms with Gasteiger partial charge in [0.2, 0.25) is 0 Å². The van der Waals surface area contributed by atoms with Crippen molar-refractivity contribution >= 4 is 0 Å². The van der Waals surface area contributed by atoms with Crippen molar-refractivity contribution in [2.24, 2.45) is 5.73 Å². The molecule has 0 bridgehead atoms. The number of halogens is 2. The molecule has 1 aliphatic carbocycles. The Morgan fingerprint density at radius 2 is 2.21 bits per heavy atom. The molecule has 1 aromatic carbocycles. The normalized spacial score (nSPS) is 22.7. The summed E-state index contributed by atoms with van der Waals surface area (Å²) < 4.78 is 30.1. The van der Waals surface area contributed by atoms with Crippen molar-refractivity contribution < 1.29 is 13.5 Å². The van der Waals surface area contributed by atoms with Gasteiger partial charge < -0.3 is 10.5 Å². The van der Waals surface area contributed by atoms with Crippen molar-refractivity contribution in [2.75, 3.05) is 20.7 Å². The second-order valence-electron chi connectivity index (χ2n) is 5.03. The van der Waals surface area contributed by atoms with Crippen molar-refractivity contribution in [1.82, 2.24) is 4.90 Å². The maximum Gasteiger partial charge on any atom is 0.251 e. The summed E-state index contributed by atoms with van der Waals surface area (Å²) in [7, 11) is 3.34. The predicted octanol–water partition coefficient (Wildman–Crippen LogP) is 2.21. The van der Waals surface area contributed by atoms with Crippen LogP contribution in [-0.4, -0.2) is 38.1 Å². The third-order valence-corrected chi connectivity index (χ3v) is 3.83. The van der Waals surface area contributed by atoms with Crippen molar-refractivity contribution in [2.45, 2.75) is 31.4 Å². The number of hydrogen-bond acceptors (Lipinski definition) is 3. The average Bonchev–Trinajstić information content (AvgIpc) is 2.37. The zero-order valence-electron chi connectivity index (χ0n) is 11.3. The molecule has 1 aromatic rings. The van der Waals surface area contributed by atoms with E-state index in [9.17, 15) is 8.78 Å². The molecule has 3 nitrogen and oxygen atoms in total. The molecule has 0 aromatic heterocycles. The Kier molecular flexibility index (Phi) is 4.37. The molecule has 0 fully saturated rings. The van der Waals surface area contributed by atoms with E-state index >= 15 is 0 Å². The smallest absolute Gasteiger partial charge is 0.251 e. The molecule has 0 radical (unpaired) electrons. The average molecular weight is 270 g/mol. The largest absolute Gasteiger partial charge is 0.497 e. The fourth-order valence-electron chi connectivity index (χ4n) is 2.79. The van der Waals surface area contributed by atoms with E-state index in [1.165, 1.54) is 0 Å². The van der Waals surface area contributed by atoms with Crippen LogP contribution in [0.25, 0.3) is 0 Å². The molecule has 0 saturated carbocycles. The predicted molar refractivity (Wildman–Crippen MR) is 70.7 cm³/mol. The van der Waals surface area contributed by atoms with Gasteiger partial charge in [-0.3, -0.25) is 4.90 Å². The lowest BCUT2D eigenvalue weighted by Crippen LogP contribution is -2.45. The van der Waals surface area contributed by atoms with Crippen molar-refractivity contribution in [3.63, 3.8) is 0 Å². The molecule has 0 heterocycles. The van der Waals surface area contributed by atoms with E-state index in [1.807, 2.05) is 18.2 Å². The monoisotopic (exact) mass is 270 g/mol. The van der Waals surface area contributed by atoms with Crippen LogP contribution >= 0.6 is 0 Å². The van der Waals surface area contributed by atoms with Crippen molar-refractivity contribution in [3.05, 3.63) is 29.3 Å². The van der Waals surface area contributed by atoms with E-state index in [0.717, 1.165) is 29.7 Å². The lowest BCUT2D eigenvalue weighted by atomic mass is 9.83.